The van der Waals surface area contributed by atoms with Crippen molar-refractivity contribution in [3.05, 3.63) is 0 Å². The number of hydrogen-bond donors (Lipinski definition) is 1. The van der Waals surface area contributed by atoms with Crippen molar-refractivity contribution in [1.82, 2.24) is 15.1 Å². The molecule has 0 saturated carbocycles. The third kappa shape index (κ3) is 3.29. The summed E-state index contributed by atoms with van der Waals surface area (Å²) in [6, 6.07) is 0. The van der Waals surface area contributed by atoms with Crippen LogP contribution < -0.4 is 5.32 Å². The average Bonchev–Trinajstić information content (AvgIpc) is 2.66. The van der Waals surface area contributed by atoms with E-state index < -0.39 is 15.4 Å². The second-order valence-electron chi connectivity index (χ2n) is 5.79. The third-order valence-electron chi connectivity index (χ3n) is 3.85. The molecule has 0 aromatic carbocycles. The normalized spacial score (nSPS) is 22.8. The molecule has 8 heteroatoms. The van der Waals surface area contributed by atoms with Gasteiger partial charge >= 0.3 is 0 Å². The summed E-state index contributed by atoms with van der Waals surface area (Å²) in [6.45, 7) is 1.93. The van der Waals surface area contributed by atoms with Crippen LogP contribution in [0.2, 0.25) is 0 Å². The first-order valence-electron chi connectivity index (χ1n) is 6.71. The summed E-state index contributed by atoms with van der Waals surface area (Å²) in [5, 5.41) is 2.81. The van der Waals surface area contributed by atoms with E-state index in [1.54, 1.807) is 4.90 Å². The van der Waals surface area contributed by atoms with Gasteiger partial charge in [0.1, 0.15) is 15.4 Å². The molecule has 7 nitrogen and oxygen atoms in total. The number of aliphatic imine (C=N–C) groups is 1. The number of carbonyl (C=O) groups excluding carboxylic acids is 1. The summed E-state index contributed by atoms with van der Waals surface area (Å²) in [5.74, 6) is 0.738. The molecule has 1 fully saturated rings. The highest BCUT2D eigenvalue weighted by atomic mass is 32.2. The van der Waals surface area contributed by atoms with Crippen LogP contribution in [0, 0.1) is 0 Å². The van der Waals surface area contributed by atoms with E-state index in [0.29, 0.717) is 38.4 Å². The van der Waals surface area contributed by atoms with Crippen LogP contribution in [0.25, 0.3) is 0 Å². The molecule has 1 spiro atoms. The molecule has 0 aromatic rings. The third-order valence-corrected chi connectivity index (χ3v) is 4.78. The monoisotopic (exact) mass is 302 g/mol. The summed E-state index contributed by atoms with van der Waals surface area (Å²) >= 11 is 0. The van der Waals surface area contributed by atoms with Crippen LogP contribution in [-0.2, 0) is 14.6 Å². The molecule has 1 N–H and O–H groups in total. The van der Waals surface area contributed by atoms with Gasteiger partial charge in [-0.05, 0) is 12.8 Å². The fraction of sp³-hybridized carbons (Fsp3) is 0.833. The maximum Gasteiger partial charge on any atom is 0.254 e. The van der Waals surface area contributed by atoms with E-state index in [9.17, 15) is 13.2 Å². The molecule has 1 amide bonds. The lowest BCUT2D eigenvalue weighted by Gasteiger charge is -2.35. The molecule has 0 radical (unpaired) electrons. The van der Waals surface area contributed by atoms with Crippen molar-refractivity contribution >= 4 is 21.7 Å². The molecule has 114 valence electrons. The minimum Gasteiger partial charge on any atom is -0.349 e. The topological polar surface area (TPSA) is 82.1 Å². The Labute approximate surface area is 119 Å². The summed E-state index contributed by atoms with van der Waals surface area (Å²) in [4.78, 5) is 20.5. The molecule has 20 heavy (non-hydrogen) atoms. The number of rotatable bonds is 3. The number of likely N-dealkylation sites (tertiary alicyclic amines) is 1. The maximum atomic E-state index is 12.1. The Balaban J connectivity index is 1.95. The number of nitrogens with one attached hydrogen (secondary N) is 1. The van der Waals surface area contributed by atoms with Gasteiger partial charge in [-0.15, -0.1) is 0 Å². The van der Waals surface area contributed by atoms with E-state index in [2.05, 4.69) is 15.2 Å². The molecule has 2 aliphatic rings. The van der Waals surface area contributed by atoms with E-state index in [-0.39, 0.29) is 11.7 Å². The number of piperidine rings is 1. The SMILES string of the molecule is CN(C)C1=NC2(CCN(CCS(C)(=O)=O)CC2)C(=O)N1. The maximum absolute atomic E-state index is 12.1. The van der Waals surface area contributed by atoms with E-state index in [0.717, 1.165) is 0 Å². The molecule has 2 heterocycles. The molecule has 2 rings (SSSR count). The van der Waals surface area contributed by atoms with Crippen LogP contribution in [0.4, 0.5) is 0 Å². The van der Waals surface area contributed by atoms with Crippen LogP contribution in [0.15, 0.2) is 4.99 Å². The highest BCUT2D eigenvalue weighted by Gasteiger charge is 2.46. The lowest BCUT2D eigenvalue weighted by molar-refractivity contribution is -0.125. The van der Waals surface area contributed by atoms with Gasteiger partial charge in [-0.2, -0.15) is 0 Å². The van der Waals surface area contributed by atoms with Crippen molar-refractivity contribution < 1.29 is 13.2 Å². The number of hydrogen-bond acceptors (Lipinski definition) is 6. The zero-order chi connectivity index (χ0) is 15.0. The summed E-state index contributed by atoms with van der Waals surface area (Å²) in [5.41, 5.74) is -0.652. The van der Waals surface area contributed by atoms with Crippen molar-refractivity contribution in [2.24, 2.45) is 4.99 Å². The highest BCUT2D eigenvalue weighted by Crippen LogP contribution is 2.30. The average molecular weight is 302 g/mol. The van der Waals surface area contributed by atoms with Crippen LogP contribution in [0.5, 0.6) is 0 Å². The first kappa shape index (κ1) is 15.2. The molecule has 0 bridgehead atoms. The molecule has 0 aromatic heterocycles. The molecule has 0 unspecified atom stereocenters. The number of carbonyl (C=O) groups is 1. The smallest absolute Gasteiger partial charge is 0.254 e. The standard InChI is InChI=1S/C12H22N4O3S/c1-15(2)11-13-10(17)12(14-11)4-6-16(7-5-12)8-9-20(3,18)19/h4-9H2,1-3H3,(H,13,14,17). The predicted octanol–water partition coefficient (Wildman–Crippen LogP) is -1.09. The number of nitrogens with zero attached hydrogens (tertiary/aromatic N) is 3. The largest absolute Gasteiger partial charge is 0.349 e. The first-order chi connectivity index (χ1) is 9.22. The molecular weight excluding hydrogens is 280 g/mol. The quantitative estimate of drug-likeness (QED) is 0.716. The Morgan fingerprint density at radius 3 is 2.40 bits per heavy atom. The van der Waals surface area contributed by atoms with Gasteiger partial charge < -0.3 is 9.80 Å². The van der Waals surface area contributed by atoms with Crippen LogP contribution in [0.1, 0.15) is 12.8 Å². The fourth-order valence-electron chi connectivity index (χ4n) is 2.49. The second kappa shape index (κ2) is 5.33. The van der Waals surface area contributed by atoms with Gasteiger partial charge in [0.2, 0.25) is 5.96 Å². The zero-order valence-corrected chi connectivity index (χ0v) is 13.0. The highest BCUT2D eigenvalue weighted by molar-refractivity contribution is 7.90. The van der Waals surface area contributed by atoms with E-state index in [1.165, 1.54) is 6.26 Å². The van der Waals surface area contributed by atoms with Crippen molar-refractivity contribution in [3.8, 4) is 0 Å². The van der Waals surface area contributed by atoms with Gasteiger partial charge in [-0.1, -0.05) is 0 Å². The summed E-state index contributed by atoms with van der Waals surface area (Å²) in [7, 11) is 0.756. The Morgan fingerprint density at radius 1 is 1.35 bits per heavy atom. The fourth-order valence-corrected chi connectivity index (χ4v) is 3.08. The Morgan fingerprint density at radius 2 is 1.95 bits per heavy atom. The van der Waals surface area contributed by atoms with Gasteiger partial charge in [-0.25, -0.2) is 13.4 Å². The molecule has 0 atom stereocenters. The Kier molecular flexibility index (Phi) is 4.06. The van der Waals surface area contributed by atoms with Crippen molar-refractivity contribution in [1.29, 1.82) is 0 Å². The van der Waals surface area contributed by atoms with Crippen LogP contribution in [-0.4, -0.2) is 81.4 Å². The Bertz CT molecular complexity index is 519. The molecule has 0 aliphatic carbocycles. The predicted molar refractivity (Wildman–Crippen MR) is 77.4 cm³/mol. The molecule has 2 aliphatic heterocycles. The summed E-state index contributed by atoms with van der Waals surface area (Å²) in [6.07, 6.45) is 2.52. The number of amides is 1. The van der Waals surface area contributed by atoms with E-state index in [1.807, 2.05) is 14.1 Å². The minimum atomic E-state index is -2.94. The van der Waals surface area contributed by atoms with E-state index in [4.69, 9.17) is 0 Å². The van der Waals surface area contributed by atoms with Crippen LogP contribution >= 0.6 is 0 Å². The lowest BCUT2D eigenvalue weighted by atomic mass is 9.88. The van der Waals surface area contributed by atoms with Crippen molar-refractivity contribution in [2.75, 3.05) is 45.7 Å². The first-order valence-corrected chi connectivity index (χ1v) is 8.77. The number of sulfone groups is 1. The van der Waals surface area contributed by atoms with Crippen molar-refractivity contribution in [2.45, 2.75) is 18.4 Å². The van der Waals surface area contributed by atoms with Gasteiger partial charge in [0, 0.05) is 40.0 Å². The zero-order valence-electron chi connectivity index (χ0n) is 12.2. The van der Waals surface area contributed by atoms with Crippen LogP contribution in [0.3, 0.4) is 0 Å². The minimum absolute atomic E-state index is 0.0380. The van der Waals surface area contributed by atoms with Gasteiger partial charge in [0.25, 0.3) is 5.91 Å². The summed E-state index contributed by atoms with van der Waals surface area (Å²) < 4.78 is 22.4. The second-order valence-corrected chi connectivity index (χ2v) is 8.05. The molecule has 1 saturated heterocycles. The van der Waals surface area contributed by atoms with E-state index >= 15 is 0 Å². The van der Waals surface area contributed by atoms with Gasteiger partial charge in [0.05, 0.1) is 5.75 Å². The van der Waals surface area contributed by atoms with Gasteiger partial charge in [-0.3, -0.25) is 10.1 Å². The Hall–Kier alpha value is -1.15. The lowest BCUT2D eigenvalue weighted by Crippen LogP contribution is -2.50. The number of guanidine groups is 1. The van der Waals surface area contributed by atoms with Gasteiger partial charge in [0.15, 0.2) is 0 Å². The van der Waals surface area contributed by atoms with Crippen molar-refractivity contribution in [3.63, 3.8) is 0 Å². The molecular formula is C12H22N4O3S.